The van der Waals surface area contributed by atoms with E-state index in [0.29, 0.717) is 6.04 Å². The molecular weight excluding hydrogens is 344 g/mol. The zero-order valence-corrected chi connectivity index (χ0v) is 15.6. The normalized spacial score (nSPS) is 17.2. The molecule has 1 aromatic heterocycles. The monoisotopic (exact) mass is 366 g/mol. The topological polar surface area (TPSA) is 52.5 Å². The molecule has 1 atom stereocenters. The molecule has 4 rings (SSSR count). The van der Waals surface area contributed by atoms with Crippen molar-refractivity contribution in [3.05, 3.63) is 60.2 Å². The number of phenols is 1. The zero-order chi connectivity index (χ0) is 17.9. The fraction of sp³-hybridized carbons (Fsp3) is 0.300. The number of rotatable bonds is 5. The first-order chi connectivity index (χ1) is 12.7. The minimum atomic E-state index is 0.266. The number of aromatic hydroxyl groups is 1. The van der Waals surface area contributed by atoms with Gasteiger partial charge in [0.05, 0.1) is 0 Å². The Labute approximate surface area is 157 Å². The van der Waals surface area contributed by atoms with Crippen molar-refractivity contribution in [3.63, 3.8) is 0 Å². The summed E-state index contributed by atoms with van der Waals surface area (Å²) in [6.07, 6.45) is 1.14. The lowest BCUT2D eigenvalue weighted by molar-refractivity contribution is 0.250. The molecule has 1 saturated heterocycles. The predicted molar refractivity (Wildman–Crippen MR) is 106 cm³/mol. The zero-order valence-electron chi connectivity index (χ0n) is 14.7. The molecule has 26 heavy (non-hydrogen) atoms. The molecule has 1 N–H and O–H groups in total. The van der Waals surface area contributed by atoms with Crippen LogP contribution in [0.5, 0.6) is 5.75 Å². The minimum Gasteiger partial charge on any atom is -0.508 e. The summed E-state index contributed by atoms with van der Waals surface area (Å²) >= 11 is 1.61. The van der Waals surface area contributed by atoms with E-state index in [9.17, 15) is 5.11 Å². The first kappa shape index (κ1) is 17.0. The number of likely N-dealkylation sites (N-methyl/N-ethyl adjacent to an activating group) is 1. The van der Waals surface area contributed by atoms with Crippen LogP contribution in [0.15, 0.2) is 54.6 Å². The van der Waals surface area contributed by atoms with Gasteiger partial charge in [0.25, 0.3) is 0 Å². The highest BCUT2D eigenvalue weighted by atomic mass is 32.1. The third-order valence-corrected chi connectivity index (χ3v) is 5.89. The Morgan fingerprint density at radius 2 is 1.88 bits per heavy atom. The highest BCUT2D eigenvalue weighted by molar-refractivity contribution is 7.18. The van der Waals surface area contributed by atoms with Crippen LogP contribution in [0.1, 0.15) is 12.0 Å². The van der Waals surface area contributed by atoms with Gasteiger partial charge in [-0.25, -0.2) is 0 Å². The average Bonchev–Trinajstić information content (AvgIpc) is 3.33. The van der Waals surface area contributed by atoms with Crippen molar-refractivity contribution < 1.29 is 5.11 Å². The number of aromatic nitrogens is 2. The van der Waals surface area contributed by atoms with Crippen LogP contribution in [-0.4, -0.2) is 46.4 Å². The lowest BCUT2D eigenvalue weighted by atomic mass is 10.1. The molecule has 0 aliphatic carbocycles. The second-order valence-corrected chi connectivity index (χ2v) is 7.68. The summed E-state index contributed by atoms with van der Waals surface area (Å²) in [5.74, 6) is 0.266. The molecule has 1 unspecified atom stereocenters. The van der Waals surface area contributed by atoms with Crippen molar-refractivity contribution >= 4 is 16.5 Å². The summed E-state index contributed by atoms with van der Waals surface area (Å²) in [7, 11) is 2.20. The van der Waals surface area contributed by atoms with Crippen molar-refractivity contribution in [1.29, 1.82) is 0 Å². The van der Waals surface area contributed by atoms with E-state index in [1.54, 1.807) is 23.5 Å². The second-order valence-electron chi connectivity index (χ2n) is 6.73. The van der Waals surface area contributed by atoms with Crippen LogP contribution in [-0.2, 0) is 6.54 Å². The largest absolute Gasteiger partial charge is 0.508 e. The van der Waals surface area contributed by atoms with Gasteiger partial charge in [0.1, 0.15) is 10.8 Å². The molecule has 1 fully saturated rings. The quantitative estimate of drug-likeness (QED) is 0.747. The van der Waals surface area contributed by atoms with Crippen molar-refractivity contribution in [2.45, 2.75) is 19.0 Å². The highest BCUT2D eigenvalue weighted by Gasteiger charge is 2.28. The first-order valence-corrected chi connectivity index (χ1v) is 9.63. The fourth-order valence-corrected chi connectivity index (χ4v) is 4.22. The van der Waals surface area contributed by atoms with Crippen LogP contribution in [0.3, 0.4) is 0 Å². The van der Waals surface area contributed by atoms with Crippen LogP contribution >= 0.6 is 11.3 Å². The molecule has 0 spiro atoms. The summed E-state index contributed by atoms with van der Waals surface area (Å²) in [6, 6.07) is 18.2. The van der Waals surface area contributed by atoms with Gasteiger partial charge in [-0.15, -0.1) is 10.2 Å². The van der Waals surface area contributed by atoms with Gasteiger partial charge in [-0.1, -0.05) is 41.7 Å². The van der Waals surface area contributed by atoms with Gasteiger partial charge in [0.2, 0.25) is 5.13 Å². The summed E-state index contributed by atoms with van der Waals surface area (Å²) in [4.78, 5) is 4.75. The SMILES string of the molecule is CN(Cc1ccccc1)C1CCN(c2nnc(-c3ccc(O)cc3)s2)C1. The van der Waals surface area contributed by atoms with Gasteiger partial charge in [0.15, 0.2) is 0 Å². The molecule has 1 aliphatic heterocycles. The number of nitrogens with zero attached hydrogens (tertiary/aromatic N) is 4. The maximum Gasteiger partial charge on any atom is 0.208 e. The fourth-order valence-electron chi connectivity index (χ4n) is 3.34. The van der Waals surface area contributed by atoms with Gasteiger partial charge < -0.3 is 10.0 Å². The van der Waals surface area contributed by atoms with Crippen LogP contribution in [0, 0.1) is 0 Å². The molecule has 2 aromatic carbocycles. The molecule has 6 heteroatoms. The number of phenolic OH excluding ortho intramolecular Hbond substituents is 1. The van der Waals surface area contributed by atoms with Crippen molar-refractivity contribution in [2.24, 2.45) is 0 Å². The molecule has 1 aliphatic rings. The third kappa shape index (κ3) is 3.71. The van der Waals surface area contributed by atoms with E-state index in [4.69, 9.17) is 0 Å². The molecule has 0 radical (unpaired) electrons. The van der Waals surface area contributed by atoms with Gasteiger partial charge in [-0.05, 0) is 43.3 Å². The van der Waals surface area contributed by atoms with E-state index in [2.05, 4.69) is 57.4 Å². The Hall–Kier alpha value is -2.44. The Bertz CT molecular complexity index is 850. The molecule has 3 aromatic rings. The van der Waals surface area contributed by atoms with Crippen molar-refractivity contribution in [2.75, 3.05) is 25.0 Å². The van der Waals surface area contributed by atoms with Crippen LogP contribution in [0.2, 0.25) is 0 Å². The van der Waals surface area contributed by atoms with Gasteiger partial charge >= 0.3 is 0 Å². The smallest absolute Gasteiger partial charge is 0.208 e. The average molecular weight is 366 g/mol. The predicted octanol–water partition coefficient (Wildman–Crippen LogP) is 3.62. The van der Waals surface area contributed by atoms with E-state index >= 15 is 0 Å². The van der Waals surface area contributed by atoms with E-state index in [0.717, 1.165) is 41.8 Å². The molecule has 0 amide bonds. The Balaban J connectivity index is 1.40. The standard InChI is InChI=1S/C20H22N4OS/c1-23(13-15-5-3-2-4-6-15)17-11-12-24(14-17)20-22-21-19(26-20)16-7-9-18(25)10-8-16/h2-10,17,25H,11-14H2,1H3. The number of hydrogen-bond acceptors (Lipinski definition) is 6. The minimum absolute atomic E-state index is 0.266. The molecule has 0 saturated carbocycles. The van der Waals surface area contributed by atoms with Gasteiger partial charge in [0, 0.05) is 31.2 Å². The Morgan fingerprint density at radius 3 is 2.65 bits per heavy atom. The van der Waals surface area contributed by atoms with E-state index < -0.39 is 0 Å². The van der Waals surface area contributed by atoms with Gasteiger partial charge in [-0.2, -0.15) is 0 Å². The summed E-state index contributed by atoms with van der Waals surface area (Å²) < 4.78 is 0. The number of benzene rings is 2. The Morgan fingerprint density at radius 1 is 1.12 bits per heavy atom. The molecule has 134 valence electrons. The Kier molecular flexibility index (Phi) is 4.86. The maximum absolute atomic E-state index is 9.42. The first-order valence-electron chi connectivity index (χ1n) is 8.81. The van der Waals surface area contributed by atoms with Crippen molar-refractivity contribution in [3.8, 4) is 16.3 Å². The van der Waals surface area contributed by atoms with Crippen LogP contribution < -0.4 is 4.90 Å². The lowest BCUT2D eigenvalue weighted by Gasteiger charge is -2.24. The van der Waals surface area contributed by atoms with E-state index in [1.165, 1.54) is 5.56 Å². The molecule has 0 bridgehead atoms. The van der Waals surface area contributed by atoms with Gasteiger partial charge in [-0.3, -0.25) is 4.90 Å². The molecule has 5 nitrogen and oxygen atoms in total. The maximum atomic E-state index is 9.42. The third-order valence-electron chi connectivity index (χ3n) is 4.86. The van der Waals surface area contributed by atoms with E-state index in [1.807, 2.05) is 12.1 Å². The summed E-state index contributed by atoms with van der Waals surface area (Å²) in [6.45, 7) is 2.95. The summed E-state index contributed by atoms with van der Waals surface area (Å²) in [5.41, 5.74) is 2.34. The molecule has 2 heterocycles. The van der Waals surface area contributed by atoms with E-state index in [-0.39, 0.29) is 5.75 Å². The van der Waals surface area contributed by atoms with Crippen molar-refractivity contribution in [1.82, 2.24) is 15.1 Å². The number of anilines is 1. The summed E-state index contributed by atoms with van der Waals surface area (Å²) in [5, 5.41) is 20.0. The van der Waals surface area contributed by atoms with Crippen LogP contribution in [0.4, 0.5) is 5.13 Å². The molecular formula is C20H22N4OS. The lowest BCUT2D eigenvalue weighted by Crippen LogP contribution is -2.34. The number of hydrogen-bond donors (Lipinski definition) is 1. The highest BCUT2D eigenvalue weighted by Crippen LogP contribution is 2.32. The van der Waals surface area contributed by atoms with Crippen LogP contribution in [0.25, 0.3) is 10.6 Å². The second kappa shape index (κ2) is 7.43.